The van der Waals surface area contributed by atoms with Gasteiger partial charge in [-0.1, -0.05) is 6.07 Å². The molecule has 0 saturated carbocycles. The molecule has 2 heterocycles. The highest BCUT2D eigenvalue weighted by molar-refractivity contribution is 7.12. The average Bonchev–Trinajstić information content (AvgIpc) is 2.94. The molecule has 114 valence electrons. The van der Waals surface area contributed by atoms with Crippen molar-refractivity contribution < 1.29 is 14.4 Å². The van der Waals surface area contributed by atoms with E-state index in [1.165, 1.54) is 21.1 Å². The van der Waals surface area contributed by atoms with Crippen molar-refractivity contribution in [1.29, 1.82) is 0 Å². The summed E-state index contributed by atoms with van der Waals surface area (Å²) >= 11 is 1.34. The lowest BCUT2D eigenvalue weighted by atomic mass is 9.99. The van der Waals surface area contributed by atoms with Crippen LogP contribution in [0.2, 0.25) is 0 Å². The largest absolute Gasteiger partial charge is 0.352 e. The van der Waals surface area contributed by atoms with E-state index in [0.29, 0.717) is 18.0 Å². The molecule has 0 radical (unpaired) electrons. The van der Waals surface area contributed by atoms with Crippen LogP contribution >= 0.6 is 11.3 Å². The first-order valence-corrected chi connectivity index (χ1v) is 7.59. The van der Waals surface area contributed by atoms with Gasteiger partial charge >= 0.3 is 0 Å². The van der Waals surface area contributed by atoms with E-state index in [9.17, 15) is 14.4 Å². The van der Waals surface area contributed by atoms with E-state index in [2.05, 4.69) is 5.32 Å². The van der Waals surface area contributed by atoms with Crippen molar-refractivity contribution in [1.82, 2.24) is 15.1 Å². The smallest absolute Gasteiger partial charge is 0.264 e. The molecule has 1 aliphatic rings. The lowest BCUT2D eigenvalue weighted by Gasteiger charge is -2.41. The summed E-state index contributed by atoms with van der Waals surface area (Å²) in [6.45, 7) is 4.28. The number of carbonyl (C=O) groups excluding carboxylic acids is 3. The third-order valence-corrected chi connectivity index (χ3v) is 4.46. The van der Waals surface area contributed by atoms with Gasteiger partial charge in [0, 0.05) is 20.1 Å². The molecule has 21 heavy (non-hydrogen) atoms. The molecule has 7 heteroatoms. The second kappa shape index (κ2) is 5.85. The summed E-state index contributed by atoms with van der Waals surface area (Å²) in [7, 11) is 1.59. The molecule has 1 saturated heterocycles. The number of carbonyl (C=O) groups is 3. The van der Waals surface area contributed by atoms with Crippen LogP contribution in [-0.4, -0.2) is 59.7 Å². The first kappa shape index (κ1) is 15.5. The molecule has 0 spiro atoms. The highest BCUT2D eigenvalue weighted by Crippen LogP contribution is 2.18. The minimum atomic E-state index is -0.887. The predicted octanol–water partition coefficient (Wildman–Crippen LogP) is 0.557. The molecule has 1 aliphatic heterocycles. The van der Waals surface area contributed by atoms with Gasteiger partial charge in [-0.25, -0.2) is 0 Å². The van der Waals surface area contributed by atoms with Crippen molar-refractivity contribution in [3.05, 3.63) is 22.4 Å². The number of likely N-dealkylation sites (N-methyl/N-ethyl adjacent to an activating group) is 1. The Kier molecular flexibility index (Phi) is 4.32. The molecule has 1 aromatic rings. The summed E-state index contributed by atoms with van der Waals surface area (Å²) in [6.07, 6.45) is 0. The summed E-state index contributed by atoms with van der Waals surface area (Å²) in [5, 5.41) is 4.56. The van der Waals surface area contributed by atoms with Crippen molar-refractivity contribution >= 4 is 29.1 Å². The Morgan fingerprint density at radius 3 is 2.81 bits per heavy atom. The Balaban J connectivity index is 2.04. The van der Waals surface area contributed by atoms with Crippen LogP contribution in [0.4, 0.5) is 0 Å². The highest BCUT2D eigenvalue weighted by atomic mass is 32.1. The maximum Gasteiger partial charge on any atom is 0.264 e. The lowest BCUT2D eigenvalue weighted by molar-refractivity contribution is -0.149. The van der Waals surface area contributed by atoms with E-state index < -0.39 is 5.54 Å². The minimum absolute atomic E-state index is 0.0343. The number of hydrogen-bond donors (Lipinski definition) is 1. The summed E-state index contributed by atoms with van der Waals surface area (Å²) in [5.41, 5.74) is -0.887. The summed E-state index contributed by atoms with van der Waals surface area (Å²) < 4.78 is 0. The van der Waals surface area contributed by atoms with Crippen molar-refractivity contribution in [2.45, 2.75) is 19.4 Å². The van der Waals surface area contributed by atoms with Crippen molar-refractivity contribution in [3.63, 3.8) is 0 Å². The molecule has 1 N–H and O–H groups in total. The fourth-order valence-corrected chi connectivity index (χ4v) is 3.00. The van der Waals surface area contributed by atoms with Crippen LogP contribution < -0.4 is 5.32 Å². The number of hydrogen-bond acceptors (Lipinski definition) is 4. The van der Waals surface area contributed by atoms with Crippen molar-refractivity contribution in [2.24, 2.45) is 0 Å². The molecule has 3 amide bonds. The third kappa shape index (κ3) is 3.07. The molecule has 0 atom stereocenters. The Morgan fingerprint density at radius 1 is 1.48 bits per heavy atom. The quantitative estimate of drug-likeness (QED) is 0.887. The zero-order valence-corrected chi connectivity index (χ0v) is 13.2. The molecule has 0 bridgehead atoms. The van der Waals surface area contributed by atoms with Crippen LogP contribution in [0.5, 0.6) is 0 Å². The summed E-state index contributed by atoms with van der Waals surface area (Å²) in [6, 6.07) is 3.53. The number of amides is 3. The van der Waals surface area contributed by atoms with Gasteiger partial charge < -0.3 is 15.1 Å². The number of nitrogens with one attached hydrogen (secondary N) is 1. The Bertz CT molecular complexity index is 554. The molecule has 0 unspecified atom stereocenters. The summed E-state index contributed by atoms with van der Waals surface area (Å²) in [4.78, 5) is 39.9. The molecular weight excluding hydrogens is 290 g/mol. The van der Waals surface area contributed by atoms with E-state index >= 15 is 0 Å². The van der Waals surface area contributed by atoms with E-state index in [1.54, 1.807) is 33.0 Å². The Labute approximate surface area is 127 Å². The standard InChI is InChI=1S/C14H19N3O3S/c1-14(2)13(20)15-6-7-17(14)11(18)9-16(3)12(19)10-5-4-8-21-10/h4-5,8H,6-7,9H2,1-3H3,(H,15,20). The number of nitrogens with zero attached hydrogens (tertiary/aromatic N) is 2. The third-order valence-electron chi connectivity index (χ3n) is 3.60. The van der Waals surface area contributed by atoms with Gasteiger partial charge in [0.2, 0.25) is 11.8 Å². The van der Waals surface area contributed by atoms with Crippen LogP contribution in [0.3, 0.4) is 0 Å². The normalized spacial score (nSPS) is 17.3. The van der Waals surface area contributed by atoms with Gasteiger partial charge in [-0.15, -0.1) is 11.3 Å². The minimum Gasteiger partial charge on any atom is -0.352 e. The maximum absolute atomic E-state index is 12.4. The molecule has 0 aliphatic carbocycles. The number of rotatable bonds is 3. The van der Waals surface area contributed by atoms with Crippen LogP contribution in [-0.2, 0) is 9.59 Å². The van der Waals surface area contributed by atoms with Gasteiger partial charge in [0.05, 0.1) is 11.4 Å². The zero-order chi connectivity index (χ0) is 15.6. The highest BCUT2D eigenvalue weighted by Gasteiger charge is 2.40. The van der Waals surface area contributed by atoms with Gasteiger partial charge in [-0.2, -0.15) is 0 Å². The average molecular weight is 309 g/mol. The van der Waals surface area contributed by atoms with Gasteiger partial charge in [-0.3, -0.25) is 14.4 Å². The zero-order valence-electron chi connectivity index (χ0n) is 12.4. The van der Waals surface area contributed by atoms with Crippen LogP contribution in [0, 0.1) is 0 Å². The number of piperazine rings is 1. The van der Waals surface area contributed by atoms with E-state index in [4.69, 9.17) is 0 Å². The molecule has 2 rings (SSSR count). The predicted molar refractivity (Wildman–Crippen MR) is 80.1 cm³/mol. The van der Waals surface area contributed by atoms with Crippen LogP contribution in [0.1, 0.15) is 23.5 Å². The van der Waals surface area contributed by atoms with E-state index in [1.807, 2.05) is 5.38 Å². The van der Waals surface area contributed by atoms with Crippen molar-refractivity contribution in [2.75, 3.05) is 26.7 Å². The van der Waals surface area contributed by atoms with Gasteiger partial charge in [-0.05, 0) is 25.3 Å². The molecule has 1 fully saturated rings. The van der Waals surface area contributed by atoms with Gasteiger partial charge in [0.25, 0.3) is 5.91 Å². The van der Waals surface area contributed by atoms with E-state index in [-0.39, 0.29) is 24.3 Å². The fraction of sp³-hybridized carbons (Fsp3) is 0.500. The molecule has 0 aromatic carbocycles. The second-order valence-electron chi connectivity index (χ2n) is 5.50. The Morgan fingerprint density at radius 2 is 2.19 bits per heavy atom. The topological polar surface area (TPSA) is 69.7 Å². The van der Waals surface area contributed by atoms with Crippen molar-refractivity contribution in [3.8, 4) is 0 Å². The molecule has 1 aromatic heterocycles. The number of thiophene rings is 1. The SMILES string of the molecule is CN(CC(=O)N1CCNC(=O)C1(C)C)C(=O)c1cccs1. The monoisotopic (exact) mass is 309 g/mol. The first-order valence-electron chi connectivity index (χ1n) is 6.72. The lowest BCUT2D eigenvalue weighted by Crippen LogP contribution is -2.64. The maximum atomic E-state index is 12.4. The Hall–Kier alpha value is -1.89. The van der Waals surface area contributed by atoms with E-state index in [0.717, 1.165) is 0 Å². The van der Waals surface area contributed by atoms with Gasteiger partial charge in [0.15, 0.2) is 0 Å². The molecule has 6 nitrogen and oxygen atoms in total. The van der Waals surface area contributed by atoms with Gasteiger partial charge in [0.1, 0.15) is 5.54 Å². The van der Waals surface area contributed by atoms with Crippen LogP contribution in [0.15, 0.2) is 17.5 Å². The first-order chi connectivity index (χ1) is 9.84. The summed E-state index contributed by atoms with van der Waals surface area (Å²) in [5.74, 6) is -0.575. The second-order valence-corrected chi connectivity index (χ2v) is 6.45. The van der Waals surface area contributed by atoms with Crippen LogP contribution in [0.25, 0.3) is 0 Å². The fourth-order valence-electron chi connectivity index (χ4n) is 2.28. The molecular formula is C14H19N3O3S.